The van der Waals surface area contributed by atoms with Gasteiger partial charge in [-0.3, -0.25) is 4.79 Å². The maximum atomic E-state index is 13.4. The molecule has 1 aromatic heterocycles. The van der Waals surface area contributed by atoms with E-state index in [-0.39, 0.29) is 10.7 Å². The molecule has 0 saturated carbocycles. The number of nitrogens with zero attached hydrogens (tertiary/aromatic N) is 1. The summed E-state index contributed by atoms with van der Waals surface area (Å²) in [6.45, 7) is 1.74. The third-order valence-electron chi connectivity index (χ3n) is 2.78. The maximum Gasteiger partial charge on any atom is 0.229 e. The lowest BCUT2D eigenvalue weighted by molar-refractivity contribution is -0.115. The number of hydrogen-bond acceptors (Lipinski definition) is 2. The number of halogens is 3. The zero-order chi connectivity index (χ0) is 14.7. The lowest BCUT2D eigenvalue weighted by atomic mass is 10.1. The second-order valence-electron chi connectivity index (χ2n) is 4.22. The van der Waals surface area contributed by atoms with Gasteiger partial charge in [0.15, 0.2) is 5.15 Å². The predicted octanol–water partition coefficient (Wildman–Crippen LogP) is 3.50. The molecule has 0 spiro atoms. The molecule has 0 aliphatic carbocycles. The van der Waals surface area contributed by atoms with E-state index in [4.69, 9.17) is 11.6 Å². The van der Waals surface area contributed by atoms with Crippen molar-refractivity contribution >= 4 is 23.2 Å². The fourth-order valence-corrected chi connectivity index (χ4v) is 1.97. The normalized spacial score (nSPS) is 10.4. The van der Waals surface area contributed by atoms with Crippen LogP contribution in [-0.4, -0.2) is 10.9 Å². The predicted molar refractivity (Wildman–Crippen MR) is 72.7 cm³/mol. The van der Waals surface area contributed by atoms with E-state index in [0.29, 0.717) is 11.3 Å². The van der Waals surface area contributed by atoms with Crippen LogP contribution in [0.4, 0.5) is 14.5 Å². The zero-order valence-electron chi connectivity index (χ0n) is 10.6. The molecule has 0 atom stereocenters. The van der Waals surface area contributed by atoms with E-state index >= 15 is 0 Å². The van der Waals surface area contributed by atoms with E-state index in [9.17, 15) is 13.6 Å². The Morgan fingerprint density at radius 3 is 2.55 bits per heavy atom. The van der Waals surface area contributed by atoms with Gasteiger partial charge in [-0.15, -0.1) is 0 Å². The van der Waals surface area contributed by atoms with Gasteiger partial charge in [-0.05, 0) is 30.7 Å². The number of pyridine rings is 1. The highest BCUT2D eigenvalue weighted by molar-refractivity contribution is 6.32. The number of benzene rings is 1. The smallest absolute Gasteiger partial charge is 0.229 e. The molecule has 1 aromatic carbocycles. The molecule has 1 amide bonds. The van der Waals surface area contributed by atoms with Crippen LogP contribution in [0.25, 0.3) is 0 Å². The van der Waals surface area contributed by atoms with Crippen molar-refractivity contribution in [2.45, 2.75) is 13.3 Å². The van der Waals surface area contributed by atoms with Gasteiger partial charge in [-0.2, -0.15) is 0 Å². The van der Waals surface area contributed by atoms with Gasteiger partial charge in [-0.1, -0.05) is 17.7 Å². The van der Waals surface area contributed by atoms with E-state index in [2.05, 4.69) is 10.3 Å². The highest BCUT2D eigenvalue weighted by Gasteiger charge is 2.15. The molecule has 2 aromatic rings. The van der Waals surface area contributed by atoms with Gasteiger partial charge in [0, 0.05) is 11.8 Å². The number of carbonyl (C=O) groups excluding carboxylic acids is 1. The summed E-state index contributed by atoms with van der Waals surface area (Å²) in [6.07, 6.45) is 1.09. The van der Waals surface area contributed by atoms with Crippen molar-refractivity contribution in [3.63, 3.8) is 0 Å². The Morgan fingerprint density at radius 2 is 1.95 bits per heavy atom. The standard InChI is InChI=1S/C14H11ClF2N2O/c1-8-5-6-18-14(15)13(8)19-12(20)7-9-10(16)3-2-4-11(9)17/h2-6H,7H2,1H3,(H,19,20). The Labute approximate surface area is 119 Å². The molecule has 0 aliphatic rings. The number of carbonyl (C=O) groups is 1. The maximum absolute atomic E-state index is 13.4. The average molecular weight is 297 g/mol. The minimum absolute atomic E-state index is 0.132. The topological polar surface area (TPSA) is 42.0 Å². The summed E-state index contributed by atoms with van der Waals surface area (Å²) in [5, 5.41) is 2.65. The summed E-state index contributed by atoms with van der Waals surface area (Å²) in [7, 11) is 0. The van der Waals surface area contributed by atoms with Crippen molar-refractivity contribution in [1.29, 1.82) is 0 Å². The number of anilines is 1. The van der Waals surface area contributed by atoms with Crippen LogP contribution in [-0.2, 0) is 11.2 Å². The van der Waals surface area contributed by atoms with E-state index in [1.165, 1.54) is 12.3 Å². The molecule has 3 nitrogen and oxygen atoms in total. The van der Waals surface area contributed by atoms with Gasteiger partial charge in [0.25, 0.3) is 0 Å². The number of aromatic nitrogens is 1. The minimum atomic E-state index is -0.755. The molecule has 0 saturated heterocycles. The highest BCUT2D eigenvalue weighted by Crippen LogP contribution is 2.23. The van der Waals surface area contributed by atoms with Crippen LogP contribution in [0.5, 0.6) is 0 Å². The largest absolute Gasteiger partial charge is 0.323 e. The van der Waals surface area contributed by atoms with Crippen molar-refractivity contribution < 1.29 is 13.6 Å². The fourth-order valence-electron chi connectivity index (χ4n) is 1.72. The third-order valence-corrected chi connectivity index (χ3v) is 3.06. The van der Waals surface area contributed by atoms with Crippen LogP contribution in [0.15, 0.2) is 30.5 Å². The number of nitrogens with one attached hydrogen (secondary N) is 1. The Hall–Kier alpha value is -2.01. The van der Waals surface area contributed by atoms with Gasteiger partial charge >= 0.3 is 0 Å². The Balaban J connectivity index is 2.18. The van der Waals surface area contributed by atoms with Gasteiger partial charge in [-0.25, -0.2) is 13.8 Å². The number of amides is 1. The Morgan fingerprint density at radius 1 is 1.30 bits per heavy atom. The summed E-state index contributed by atoms with van der Waals surface area (Å²) in [5.41, 5.74) is 0.783. The first-order chi connectivity index (χ1) is 9.49. The van der Waals surface area contributed by atoms with Crippen LogP contribution in [0.1, 0.15) is 11.1 Å². The molecular weight excluding hydrogens is 286 g/mol. The Kier molecular flexibility index (Phi) is 4.29. The fraction of sp³-hybridized carbons (Fsp3) is 0.143. The first-order valence-corrected chi connectivity index (χ1v) is 6.20. The lowest BCUT2D eigenvalue weighted by Gasteiger charge is -2.10. The summed E-state index contributed by atoms with van der Waals surface area (Å²) in [6, 6.07) is 5.13. The number of hydrogen-bond donors (Lipinski definition) is 1. The quantitative estimate of drug-likeness (QED) is 0.881. The van der Waals surface area contributed by atoms with Gasteiger partial charge in [0.1, 0.15) is 11.6 Å². The molecule has 2 rings (SSSR count). The van der Waals surface area contributed by atoms with E-state index < -0.39 is 24.0 Å². The van der Waals surface area contributed by atoms with Gasteiger partial charge < -0.3 is 5.32 Å². The van der Waals surface area contributed by atoms with E-state index in [1.807, 2.05) is 0 Å². The van der Waals surface area contributed by atoms with Crippen molar-refractivity contribution in [2.75, 3.05) is 5.32 Å². The van der Waals surface area contributed by atoms with Crippen molar-refractivity contribution in [3.05, 3.63) is 58.4 Å². The van der Waals surface area contributed by atoms with Crippen LogP contribution >= 0.6 is 11.6 Å². The van der Waals surface area contributed by atoms with Crippen molar-refractivity contribution in [3.8, 4) is 0 Å². The molecule has 0 aliphatic heterocycles. The molecule has 20 heavy (non-hydrogen) atoms. The van der Waals surface area contributed by atoms with Crippen LogP contribution in [0.3, 0.4) is 0 Å². The molecule has 1 heterocycles. The molecule has 1 N–H and O–H groups in total. The van der Waals surface area contributed by atoms with Gasteiger partial charge in [0.05, 0.1) is 12.1 Å². The Bertz CT molecular complexity index is 566. The molecule has 0 radical (unpaired) electrons. The van der Waals surface area contributed by atoms with Crippen LogP contribution < -0.4 is 5.32 Å². The molecular formula is C14H11ClF2N2O. The molecule has 0 fully saturated rings. The molecule has 0 bridgehead atoms. The van der Waals surface area contributed by atoms with Gasteiger partial charge in [0.2, 0.25) is 5.91 Å². The molecule has 104 valence electrons. The van der Waals surface area contributed by atoms with Crippen LogP contribution in [0, 0.1) is 18.6 Å². The second kappa shape index (κ2) is 5.96. The van der Waals surface area contributed by atoms with E-state index in [1.54, 1.807) is 13.0 Å². The number of aryl methyl sites for hydroxylation is 1. The summed E-state index contributed by atoms with van der Waals surface area (Å²) >= 11 is 5.87. The third kappa shape index (κ3) is 3.11. The molecule has 6 heteroatoms. The zero-order valence-corrected chi connectivity index (χ0v) is 11.3. The molecule has 0 unspecified atom stereocenters. The summed E-state index contributed by atoms with van der Waals surface area (Å²) in [4.78, 5) is 15.7. The first-order valence-electron chi connectivity index (χ1n) is 5.83. The summed E-state index contributed by atoms with van der Waals surface area (Å²) in [5.74, 6) is -2.07. The van der Waals surface area contributed by atoms with Crippen molar-refractivity contribution in [2.24, 2.45) is 0 Å². The van der Waals surface area contributed by atoms with Crippen molar-refractivity contribution in [1.82, 2.24) is 4.98 Å². The number of rotatable bonds is 3. The first kappa shape index (κ1) is 14.4. The minimum Gasteiger partial charge on any atom is -0.323 e. The second-order valence-corrected chi connectivity index (χ2v) is 4.58. The monoisotopic (exact) mass is 296 g/mol. The SMILES string of the molecule is Cc1ccnc(Cl)c1NC(=O)Cc1c(F)cccc1F. The van der Waals surface area contributed by atoms with Crippen LogP contribution in [0.2, 0.25) is 5.15 Å². The highest BCUT2D eigenvalue weighted by atomic mass is 35.5. The summed E-state index contributed by atoms with van der Waals surface area (Å²) < 4.78 is 26.9. The van der Waals surface area contributed by atoms with E-state index in [0.717, 1.165) is 12.1 Å². The average Bonchev–Trinajstić information content (AvgIpc) is 2.39. The lowest BCUT2D eigenvalue weighted by Crippen LogP contribution is -2.17.